The number of anilines is 1. The monoisotopic (exact) mass is 279 g/mol. The first-order chi connectivity index (χ1) is 9.81. The van der Waals surface area contributed by atoms with Gasteiger partial charge in [-0.25, -0.2) is 0 Å². The van der Waals surface area contributed by atoms with Crippen LogP contribution in [0.4, 0.5) is 5.69 Å². The molecule has 1 N–H and O–H groups in total. The molecule has 1 aliphatic carbocycles. The lowest BCUT2D eigenvalue weighted by atomic mass is 9.92. The summed E-state index contributed by atoms with van der Waals surface area (Å²) >= 11 is 0. The first-order valence-corrected chi connectivity index (χ1v) is 7.33. The van der Waals surface area contributed by atoms with Crippen LogP contribution in [-0.2, 0) is 9.47 Å². The van der Waals surface area contributed by atoms with Gasteiger partial charge in [-0.2, -0.15) is 0 Å². The van der Waals surface area contributed by atoms with Gasteiger partial charge in [-0.05, 0) is 49.9 Å². The Kier molecular flexibility index (Phi) is 6.15. The van der Waals surface area contributed by atoms with Crippen molar-refractivity contribution in [3.8, 4) is 5.75 Å². The Hall–Kier alpha value is -1.26. The van der Waals surface area contributed by atoms with E-state index in [1.807, 2.05) is 12.1 Å². The fourth-order valence-electron chi connectivity index (χ4n) is 2.62. The zero-order valence-electron chi connectivity index (χ0n) is 12.4. The summed E-state index contributed by atoms with van der Waals surface area (Å²) in [6.07, 6.45) is 5.11. The second kappa shape index (κ2) is 8.12. The average molecular weight is 279 g/mol. The minimum atomic E-state index is 0.401. The maximum absolute atomic E-state index is 5.55. The molecule has 0 aliphatic heterocycles. The molecule has 0 spiro atoms. The quantitative estimate of drug-likeness (QED) is 0.779. The SMILES string of the molecule is COCCOc1ccc(NC2CCCC(OC)C2)cc1. The Morgan fingerprint density at radius 1 is 1.10 bits per heavy atom. The molecule has 1 aromatic carbocycles. The molecule has 4 nitrogen and oxygen atoms in total. The van der Waals surface area contributed by atoms with E-state index in [0.29, 0.717) is 25.4 Å². The van der Waals surface area contributed by atoms with Gasteiger partial charge in [-0.15, -0.1) is 0 Å². The lowest BCUT2D eigenvalue weighted by molar-refractivity contribution is 0.0669. The molecule has 20 heavy (non-hydrogen) atoms. The van der Waals surface area contributed by atoms with Gasteiger partial charge in [0.25, 0.3) is 0 Å². The van der Waals surface area contributed by atoms with Gasteiger partial charge >= 0.3 is 0 Å². The fourth-order valence-corrected chi connectivity index (χ4v) is 2.62. The van der Waals surface area contributed by atoms with Crippen LogP contribution in [0.3, 0.4) is 0 Å². The smallest absolute Gasteiger partial charge is 0.119 e. The van der Waals surface area contributed by atoms with Gasteiger partial charge in [0, 0.05) is 25.9 Å². The van der Waals surface area contributed by atoms with Crippen LogP contribution < -0.4 is 10.1 Å². The van der Waals surface area contributed by atoms with Gasteiger partial charge in [0.1, 0.15) is 12.4 Å². The average Bonchev–Trinajstić information content (AvgIpc) is 2.49. The van der Waals surface area contributed by atoms with Crippen molar-refractivity contribution < 1.29 is 14.2 Å². The summed E-state index contributed by atoms with van der Waals surface area (Å²) in [5.41, 5.74) is 1.14. The van der Waals surface area contributed by atoms with E-state index in [-0.39, 0.29) is 0 Å². The number of rotatable bonds is 7. The van der Waals surface area contributed by atoms with E-state index in [0.717, 1.165) is 17.9 Å². The van der Waals surface area contributed by atoms with Crippen LogP contribution in [0.2, 0.25) is 0 Å². The van der Waals surface area contributed by atoms with Crippen LogP contribution in [0.25, 0.3) is 0 Å². The van der Waals surface area contributed by atoms with E-state index >= 15 is 0 Å². The molecule has 0 heterocycles. The highest BCUT2D eigenvalue weighted by atomic mass is 16.5. The van der Waals surface area contributed by atoms with Gasteiger partial charge < -0.3 is 19.5 Å². The molecule has 0 bridgehead atoms. The summed E-state index contributed by atoms with van der Waals surface area (Å²) in [5.74, 6) is 0.881. The molecule has 0 radical (unpaired) electrons. The number of benzene rings is 1. The zero-order valence-corrected chi connectivity index (χ0v) is 12.4. The predicted molar refractivity (Wildman–Crippen MR) is 80.5 cm³/mol. The van der Waals surface area contributed by atoms with Crippen LogP contribution >= 0.6 is 0 Å². The molecule has 2 rings (SSSR count). The molecule has 0 saturated heterocycles. The number of methoxy groups -OCH3 is 2. The first-order valence-electron chi connectivity index (χ1n) is 7.33. The van der Waals surface area contributed by atoms with Crippen molar-refractivity contribution in [3.63, 3.8) is 0 Å². The topological polar surface area (TPSA) is 39.7 Å². The molecule has 1 aliphatic rings. The van der Waals surface area contributed by atoms with Gasteiger partial charge in [0.2, 0.25) is 0 Å². The van der Waals surface area contributed by atoms with Crippen molar-refractivity contribution in [1.29, 1.82) is 0 Å². The third-order valence-corrected chi connectivity index (χ3v) is 3.74. The van der Waals surface area contributed by atoms with Crippen molar-refractivity contribution >= 4 is 5.69 Å². The lowest BCUT2D eigenvalue weighted by Gasteiger charge is -2.29. The molecular formula is C16H25NO3. The van der Waals surface area contributed by atoms with E-state index in [1.165, 1.54) is 19.3 Å². The van der Waals surface area contributed by atoms with Gasteiger partial charge in [0.05, 0.1) is 12.7 Å². The minimum absolute atomic E-state index is 0.401. The summed E-state index contributed by atoms with van der Waals surface area (Å²) in [6, 6.07) is 8.63. The maximum Gasteiger partial charge on any atom is 0.119 e. The highest BCUT2D eigenvalue weighted by Crippen LogP contribution is 2.24. The summed E-state index contributed by atoms with van der Waals surface area (Å²) in [7, 11) is 3.48. The van der Waals surface area contributed by atoms with Gasteiger partial charge in [-0.3, -0.25) is 0 Å². The van der Waals surface area contributed by atoms with Crippen molar-refractivity contribution in [1.82, 2.24) is 0 Å². The number of hydrogen-bond acceptors (Lipinski definition) is 4. The molecule has 4 heteroatoms. The second-order valence-corrected chi connectivity index (χ2v) is 5.23. The summed E-state index contributed by atoms with van der Waals surface area (Å²) < 4.78 is 16.0. The third kappa shape index (κ3) is 4.69. The number of ether oxygens (including phenoxy) is 3. The molecular weight excluding hydrogens is 254 g/mol. The Balaban J connectivity index is 1.80. The third-order valence-electron chi connectivity index (χ3n) is 3.74. The van der Waals surface area contributed by atoms with Crippen LogP contribution in [0.15, 0.2) is 24.3 Å². The van der Waals surface area contributed by atoms with Crippen molar-refractivity contribution in [3.05, 3.63) is 24.3 Å². The second-order valence-electron chi connectivity index (χ2n) is 5.23. The molecule has 1 saturated carbocycles. The zero-order chi connectivity index (χ0) is 14.2. The van der Waals surface area contributed by atoms with Crippen LogP contribution in [0.5, 0.6) is 5.75 Å². The Labute approximate surface area is 121 Å². The van der Waals surface area contributed by atoms with E-state index in [9.17, 15) is 0 Å². The van der Waals surface area contributed by atoms with E-state index < -0.39 is 0 Å². The maximum atomic E-state index is 5.55. The summed E-state index contributed by atoms with van der Waals surface area (Å²) in [4.78, 5) is 0. The Morgan fingerprint density at radius 2 is 1.90 bits per heavy atom. The predicted octanol–water partition coefficient (Wildman–Crippen LogP) is 3.08. The molecule has 0 aromatic heterocycles. The number of nitrogens with one attached hydrogen (secondary N) is 1. The first kappa shape index (κ1) is 15.1. The molecule has 2 atom stereocenters. The summed E-state index contributed by atoms with van der Waals surface area (Å²) in [6.45, 7) is 1.20. The fraction of sp³-hybridized carbons (Fsp3) is 0.625. The van der Waals surface area contributed by atoms with Crippen LogP contribution in [-0.4, -0.2) is 39.6 Å². The standard InChI is InChI=1S/C16H25NO3/c1-18-10-11-20-15-8-6-13(7-9-15)17-14-4-3-5-16(12-14)19-2/h6-9,14,16-17H,3-5,10-12H2,1-2H3. The van der Waals surface area contributed by atoms with Crippen molar-refractivity contribution in [2.24, 2.45) is 0 Å². The van der Waals surface area contributed by atoms with E-state index in [2.05, 4.69) is 17.4 Å². The molecule has 1 aromatic rings. The molecule has 2 unspecified atom stereocenters. The Bertz CT molecular complexity index is 380. The highest BCUT2D eigenvalue weighted by Gasteiger charge is 2.21. The van der Waals surface area contributed by atoms with E-state index in [1.54, 1.807) is 14.2 Å². The van der Waals surface area contributed by atoms with Crippen molar-refractivity contribution in [2.75, 3.05) is 32.8 Å². The van der Waals surface area contributed by atoms with Crippen LogP contribution in [0, 0.1) is 0 Å². The largest absolute Gasteiger partial charge is 0.491 e. The lowest BCUT2D eigenvalue weighted by Crippen LogP contribution is -2.30. The van der Waals surface area contributed by atoms with Gasteiger partial charge in [-0.1, -0.05) is 0 Å². The highest BCUT2D eigenvalue weighted by molar-refractivity contribution is 5.47. The molecule has 0 amide bonds. The van der Waals surface area contributed by atoms with E-state index in [4.69, 9.17) is 14.2 Å². The minimum Gasteiger partial charge on any atom is -0.491 e. The van der Waals surface area contributed by atoms with Gasteiger partial charge in [0.15, 0.2) is 0 Å². The molecule has 1 fully saturated rings. The normalized spacial score (nSPS) is 22.5. The number of hydrogen-bond donors (Lipinski definition) is 1. The molecule has 112 valence electrons. The van der Waals surface area contributed by atoms with Crippen molar-refractivity contribution in [2.45, 2.75) is 37.8 Å². The summed E-state index contributed by atoms with van der Waals surface area (Å²) in [5, 5.41) is 3.58. The van der Waals surface area contributed by atoms with Crippen LogP contribution in [0.1, 0.15) is 25.7 Å². The Morgan fingerprint density at radius 3 is 2.60 bits per heavy atom.